The number of aromatic nitrogens is 5. The molecule has 0 saturated heterocycles. The average Bonchev–Trinajstić information content (AvgIpc) is 2.47. The number of rotatable bonds is 6. The Morgan fingerprint density at radius 3 is 2.55 bits per heavy atom. The van der Waals surface area contributed by atoms with Gasteiger partial charge in [0.15, 0.2) is 0 Å². The van der Waals surface area contributed by atoms with E-state index in [4.69, 9.17) is 4.74 Å². The highest BCUT2D eigenvalue weighted by Crippen LogP contribution is 2.11. The second-order valence-corrected chi connectivity index (χ2v) is 3.95. The fraction of sp³-hybridized carbons (Fsp3) is 0.417. The molecule has 8 heteroatoms. The Kier molecular flexibility index (Phi) is 4.59. The van der Waals surface area contributed by atoms with Crippen molar-refractivity contribution >= 4 is 11.9 Å². The molecule has 20 heavy (non-hydrogen) atoms. The monoisotopic (exact) mass is 275 g/mol. The highest BCUT2D eigenvalue weighted by atomic mass is 16.5. The molecule has 0 aromatic carbocycles. The third kappa shape index (κ3) is 3.74. The highest BCUT2D eigenvalue weighted by molar-refractivity contribution is 5.35. The fourth-order valence-electron chi connectivity index (χ4n) is 1.42. The molecule has 2 heterocycles. The lowest BCUT2D eigenvalue weighted by atomic mass is 10.4. The first-order valence-electron chi connectivity index (χ1n) is 6.29. The van der Waals surface area contributed by atoms with E-state index in [0.717, 1.165) is 11.4 Å². The van der Waals surface area contributed by atoms with Gasteiger partial charge in [-0.25, -0.2) is 0 Å². The summed E-state index contributed by atoms with van der Waals surface area (Å²) in [5.41, 5.74) is 1.69. The quantitative estimate of drug-likeness (QED) is 0.806. The zero-order chi connectivity index (χ0) is 14.4. The van der Waals surface area contributed by atoms with E-state index in [2.05, 4.69) is 35.6 Å². The van der Waals surface area contributed by atoms with Crippen LogP contribution in [0.25, 0.3) is 0 Å². The van der Waals surface area contributed by atoms with Crippen molar-refractivity contribution in [3.05, 3.63) is 23.8 Å². The van der Waals surface area contributed by atoms with Crippen LogP contribution in [-0.4, -0.2) is 38.6 Å². The molecule has 0 radical (unpaired) electrons. The van der Waals surface area contributed by atoms with Crippen molar-refractivity contribution in [1.29, 1.82) is 0 Å². The molecule has 2 rings (SSSR count). The number of hydrogen-bond acceptors (Lipinski definition) is 8. The minimum Gasteiger partial charge on any atom is -0.464 e. The van der Waals surface area contributed by atoms with Crippen LogP contribution < -0.4 is 15.4 Å². The highest BCUT2D eigenvalue weighted by Gasteiger charge is 2.06. The van der Waals surface area contributed by atoms with Gasteiger partial charge in [-0.05, 0) is 13.8 Å². The molecule has 0 amide bonds. The first-order chi connectivity index (χ1) is 9.71. The van der Waals surface area contributed by atoms with Gasteiger partial charge in [-0.15, -0.1) is 0 Å². The van der Waals surface area contributed by atoms with E-state index in [1.54, 1.807) is 19.4 Å². The predicted octanol–water partition coefficient (Wildman–Crippen LogP) is 1.02. The molecule has 0 aliphatic rings. The third-order valence-electron chi connectivity index (χ3n) is 2.37. The molecule has 2 aromatic rings. The molecule has 2 N–H and O–H groups in total. The van der Waals surface area contributed by atoms with Crippen molar-refractivity contribution in [1.82, 2.24) is 24.9 Å². The van der Waals surface area contributed by atoms with E-state index < -0.39 is 0 Å². The Hall–Kier alpha value is -2.51. The van der Waals surface area contributed by atoms with Gasteiger partial charge in [0.05, 0.1) is 30.7 Å². The van der Waals surface area contributed by atoms with Crippen LogP contribution in [0.2, 0.25) is 0 Å². The van der Waals surface area contributed by atoms with Crippen LogP contribution in [0.5, 0.6) is 6.01 Å². The van der Waals surface area contributed by atoms with Gasteiger partial charge < -0.3 is 15.4 Å². The molecular weight excluding hydrogens is 258 g/mol. The van der Waals surface area contributed by atoms with Crippen molar-refractivity contribution in [2.75, 3.05) is 24.3 Å². The van der Waals surface area contributed by atoms with Crippen molar-refractivity contribution in [3.8, 4) is 6.01 Å². The van der Waals surface area contributed by atoms with Gasteiger partial charge >= 0.3 is 6.01 Å². The summed E-state index contributed by atoms with van der Waals surface area (Å²) in [6.45, 7) is 4.74. The number of hydrogen-bond donors (Lipinski definition) is 2. The molecule has 0 aliphatic heterocycles. The summed E-state index contributed by atoms with van der Waals surface area (Å²) in [5.74, 6) is 0.871. The largest absolute Gasteiger partial charge is 0.464 e. The Labute approximate surface area is 117 Å². The average molecular weight is 275 g/mol. The van der Waals surface area contributed by atoms with Crippen LogP contribution in [0, 0.1) is 6.92 Å². The van der Waals surface area contributed by atoms with Gasteiger partial charge in [0, 0.05) is 13.2 Å². The normalized spacial score (nSPS) is 10.2. The van der Waals surface area contributed by atoms with Crippen LogP contribution in [0.4, 0.5) is 11.9 Å². The summed E-state index contributed by atoms with van der Waals surface area (Å²) >= 11 is 0. The number of anilines is 2. The Morgan fingerprint density at radius 2 is 1.90 bits per heavy atom. The second-order valence-electron chi connectivity index (χ2n) is 3.95. The van der Waals surface area contributed by atoms with E-state index in [1.807, 2.05) is 13.8 Å². The zero-order valence-corrected chi connectivity index (χ0v) is 11.7. The van der Waals surface area contributed by atoms with Gasteiger partial charge in [0.1, 0.15) is 0 Å². The fourth-order valence-corrected chi connectivity index (χ4v) is 1.42. The predicted molar refractivity (Wildman–Crippen MR) is 74.6 cm³/mol. The van der Waals surface area contributed by atoms with Crippen molar-refractivity contribution in [3.63, 3.8) is 0 Å². The number of aryl methyl sites for hydroxylation is 1. The molecule has 0 spiro atoms. The molecule has 2 aromatic heterocycles. The van der Waals surface area contributed by atoms with E-state index in [0.29, 0.717) is 25.0 Å². The molecule has 0 unspecified atom stereocenters. The lowest BCUT2D eigenvalue weighted by Crippen LogP contribution is -2.10. The maximum absolute atomic E-state index is 5.29. The van der Waals surface area contributed by atoms with Gasteiger partial charge in [0.25, 0.3) is 0 Å². The molecular formula is C12H17N7O. The van der Waals surface area contributed by atoms with Crippen molar-refractivity contribution < 1.29 is 4.74 Å². The van der Waals surface area contributed by atoms with Crippen LogP contribution in [0.15, 0.2) is 12.4 Å². The molecule has 0 bridgehead atoms. The number of ether oxygens (including phenoxy) is 1. The topological polar surface area (TPSA) is 97.7 Å². The van der Waals surface area contributed by atoms with Crippen molar-refractivity contribution in [2.24, 2.45) is 0 Å². The van der Waals surface area contributed by atoms with Crippen LogP contribution in [0.1, 0.15) is 18.3 Å². The van der Waals surface area contributed by atoms with Crippen LogP contribution in [0.3, 0.4) is 0 Å². The molecule has 8 nitrogen and oxygen atoms in total. The molecule has 0 aliphatic carbocycles. The van der Waals surface area contributed by atoms with E-state index in [-0.39, 0.29) is 6.01 Å². The summed E-state index contributed by atoms with van der Waals surface area (Å²) < 4.78 is 5.29. The summed E-state index contributed by atoms with van der Waals surface area (Å²) in [4.78, 5) is 20.9. The molecule has 0 atom stereocenters. The number of nitrogens with one attached hydrogen (secondary N) is 2. The Morgan fingerprint density at radius 1 is 1.10 bits per heavy atom. The second kappa shape index (κ2) is 6.60. The van der Waals surface area contributed by atoms with Gasteiger partial charge in [-0.1, -0.05) is 0 Å². The molecule has 106 valence electrons. The minimum atomic E-state index is 0.282. The van der Waals surface area contributed by atoms with Crippen LogP contribution >= 0.6 is 0 Å². The summed E-state index contributed by atoms with van der Waals surface area (Å²) in [6.07, 6.45) is 3.43. The summed E-state index contributed by atoms with van der Waals surface area (Å²) in [5, 5.41) is 5.93. The Bertz CT molecular complexity index is 558. The maximum Gasteiger partial charge on any atom is 0.323 e. The van der Waals surface area contributed by atoms with E-state index in [9.17, 15) is 0 Å². The first kappa shape index (κ1) is 13.9. The maximum atomic E-state index is 5.29. The molecule has 0 fully saturated rings. The number of nitrogens with zero attached hydrogens (tertiary/aromatic N) is 5. The zero-order valence-electron chi connectivity index (χ0n) is 11.7. The standard InChI is InChI=1S/C12H17N7O/c1-4-20-12-18-10(13-3)17-11(19-12)16-7-9-6-14-8(2)5-15-9/h5-6H,4,7H2,1-3H3,(H2,13,16,17,18,19). The van der Waals surface area contributed by atoms with Crippen LogP contribution in [-0.2, 0) is 6.54 Å². The lowest BCUT2D eigenvalue weighted by molar-refractivity contribution is 0.312. The smallest absolute Gasteiger partial charge is 0.323 e. The first-order valence-corrected chi connectivity index (χ1v) is 6.29. The molecule has 0 saturated carbocycles. The summed E-state index contributed by atoms with van der Waals surface area (Å²) in [7, 11) is 1.74. The van der Waals surface area contributed by atoms with E-state index >= 15 is 0 Å². The lowest BCUT2D eigenvalue weighted by Gasteiger charge is -2.08. The SMILES string of the molecule is CCOc1nc(NC)nc(NCc2cnc(C)cn2)n1. The third-order valence-corrected chi connectivity index (χ3v) is 2.37. The van der Waals surface area contributed by atoms with E-state index in [1.165, 1.54) is 0 Å². The van der Waals surface area contributed by atoms with Crippen molar-refractivity contribution in [2.45, 2.75) is 20.4 Å². The minimum absolute atomic E-state index is 0.282. The Balaban J connectivity index is 2.07. The van der Waals surface area contributed by atoms with Gasteiger partial charge in [-0.3, -0.25) is 9.97 Å². The van der Waals surface area contributed by atoms with Gasteiger partial charge in [-0.2, -0.15) is 15.0 Å². The van der Waals surface area contributed by atoms with Gasteiger partial charge in [0.2, 0.25) is 11.9 Å². The summed E-state index contributed by atoms with van der Waals surface area (Å²) in [6, 6.07) is 0.282.